The molecule has 0 unspecified atom stereocenters. The number of amides is 1. The van der Waals surface area contributed by atoms with Crippen molar-refractivity contribution in [2.45, 2.75) is 13.5 Å². The second-order valence-corrected chi connectivity index (χ2v) is 4.91. The van der Waals surface area contributed by atoms with Crippen molar-refractivity contribution in [3.63, 3.8) is 0 Å². The summed E-state index contributed by atoms with van der Waals surface area (Å²) in [6.07, 6.45) is 6.34. The SMILES string of the molecule is COc1cc(C)c2[nH]ccc2c1CNC(=O)c1cnccn1. The number of nitrogens with zero attached hydrogens (tertiary/aromatic N) is 2. The molecule has 6 heteroatoms. The highest BCUT2D eigenvalue weighted by Gasteiger charge is 2.14. The van der Waals surface area contributed by atoms with Crippen molar-refractivity contribution < 1.29 is 9.53 Å². The molecule has 0 bridgehead atoms. The molecule has 22 heavy (non-hydrogen) atoms. The van der Waals surface area contributed by atoms with Crippen LogP contribution in [-0.2, 0) is 6.54 Å². The van der Waals surface area contributed by atoms with E-state index in [-0.39, 0.29) is 5.91 Å². The topological polar surface area (TPSA) is 79.9 Å². The average Bonchev–Trinajstić information content (AvgIpc) is 3.04. The quantitative estimate of drug-likeness (QED) is 0.773. The van der Waals surface area contributed by atoms with Gasteiger partial charge in [-0.1, -0.05) is 0 Å². The van der Waals surface area contributed by atoms with E-state index in [0.29, 0.717) is 12.2 Å². The number of H-pyrrole nitrogens is 1. The maximum absolute atomic E-state index is 12.1. The molecule has 1 amide bonds. The maximum Gasteiger partial charge on any atom is 0.271 e. The Hall–Kier alpha value is -2.89. The standard InChI is InChI=1S/C16H16N4O2/c1-10-7-14(22-2)12(11-3-4-19-15(10)11)8-20-16(21)13-9-17-5-6-18-13/h3-7,9,19H,8H2,1-2H3,(H,20,21). The van der Waals surface area contributed by atoms with Crippen LogP contribution < -0.4 is 10.1 Å². The van der Waals surface area contributed by atoms with Gasteiger partial charge < -0.3 is 15.0 Å². The Morgan fingerprint density at radius 3 is 3.00 bits per heavy atom. The second-order valence-electron chi connectivity index (χ2n) is 4.91. The van der Waals surface area contributed by atoms with E-state index in [1.165, 1.54) is 18.6 Å². The number of carbonyl (C=O) groups excluding carboxylic acids is 1. The van der Waals surface area contributed by atoms with Gasteiger partial charge >= 0.3 is 0 Å². The van der Waals surface area contributed by atoms with Gasteiger partial charge in [0.2, 0.25) is 0 Å². The summed E-state index contributed by atoms with van der Waals surface area (Å²) in [5, 5.41) is 3.89. The molecule has 0 aliphatic carbocycles. The van der Waals surface area contributed by atoms with E-state index in [1.807, 2.05) is 25.3 Å². The van der Waals surface area contributed by atoms with Crippen molar-refractivity contribution in [3.8, 4) is 5.75 Å². The fraction of sp³-hybridized carbons (Fsp3) is 0.188. The number of fused-ring (bicyclic) bond motifs is 1. The van der Waals surface area contributed by atoms with E-state index < -0.39 is 0 Å². The summed E-state index contributed by atoms with van der Waals surface area (Å²) in [6, 6.07) is 3.94. The van der Waals surface area contributed by atoms with E-state index in [2.05, 4.69) is 20.3 Å². The molecule has 0 spiro atoms. The van der Waals surface area contributed by atoms with Gasteiger partial charge in [-0.25, -0.2) is 4.98 Å². The first-order valence-corrected chi connectivity index (χ1v) is 6.88. The molecule has 1 aromatic carbocycles. The van der Waals surface area contributed by atoms with Gasteiger partial charge in [0, 0.05) is 41.6 Å². The van der Waals surface area contributed by atoms with Crippen molar-refractivity contribution in [3.05, 3.63) is 53.7 Å². The summed E-state index contributed by atoms with van der Waals surface area (Å²) in [6.45, 7) is 2.37. The number of ether oxygens (including phenoxy) is 1. The Morgan fingerprint density at radius 2 is 2.27 bits per heavy atom. The first-order valence-electron chi connectivity index (χ1n) is 6.88. The minimum atomic E-state index is -0.264. The van der Waals surface area contributed by atoms with E-state index in [1.54, 1.807) is 7.11 Å². The lowest BCUT2D eigenvalue weighted by Gasteiger charge is -2.12. The summed E-state index contributed by atoms with van der Waals surface area (Å²) in [5.41, 5.74) is 3.37. The highest BCUT2D eigenvalue weighted by molar-refractivity contribution is 5.93. The van der Waals surface area contributed by atoms with Gasteiger partial charge in [0.15, 0.2) is 0 Å². The number of aromatic amines is 1. The molecule has 3 aromatic rings. The highest BCUT2D eigenvalue weighted by atomic mass is 16.5. The van der Waals surface area contributed by atoms with Crippen LogP contribution in [-0.4, -0.2) is 28.0 Å². The van der Waals surface area contributed by atoms with Crippen LogP contribution in [0.5, 0.6) is 5.75 Å². The molecule has 2 N–H and O–H groups in total. The van der Waals surface area contributed by atoms with E-state index >= 15 is 0 Å². The van der Waals surface area contributed by atoms with Crippen LogP contribution in [0, 0.1) is 6.92 Å². The largest absolute Gasteiger partial charge is 0.496 e. The first kappa shape index (κ1) is 14.1. The fourth-order valence-corrected chi connectivity index (χ4v) is 2.48. The maximum atomic E-state index is 12.1. The number of nitrogens with one attached hydrogen (secondary N) is 2. The number of hydrogen-bond acceptors (Lipinski definition) is 4. The summed E-state index contributed by atoms with van der Waals surface area (Å²) in [7, 11) is 1.63. The molecule has 0 aliphatic rings. The second kappa shape index (κ2) is 5.85. The number of hydrogen-bond donors (Lipinski definition) is 2. The Labute approximate surface area is 127 Å². The predicted molar refractivity (Wildman–Crippen MR) is 82.8 cm³/mol. The first-order chi connectivity index (χ1) is 10.7. The zero-order valence-electron chi connectivity index (χ0n) is 12.4. The van der Waals surface area contributed by atoms with Crippen LogP contribution in [0.1, 0.15) is 21.6 Å². The molecule has 0 fully saturated rings. The third-order valence-corrected chi connectivity index (χ3v) is 3.55. The van der Waals surface area contributed by atoms with Crippen LogP contribution in [0.4, 0.5) is 0 Å². The van der Waals surface area contributed by atoms with Crippen molar-refractivity contribution in [1.82, 2.24) is 20.3 Å². The van der Waals surface area contributed by atoms with E-state index in [9.17, 15) is 4.79 Å². The predicted octanol–water partition coefficient (Wildman–Crippen LogP) is 2.20. The monoisotopic (exact) mass is 296 g/mol. The van der Waals surface area contributed by atoms with Crippen molar-refractivity contribution >= 4 is 16.8 Å². The molecule has 6 nitrogen and oxygen atoms in total. The van der Waals surface area contributed by atoms with Gasteiger partial charge in [-0.05, 0) is 24.6 Å². The molecule has 3 rings (SSSR count). The van der Waals surface area contributed by atoms with Crippen molar-refractivity contribution in [2.24, 2.45) is 0 Å². The highest BCUT2D eigenvalue weighted by Crippen LogP contribution is 2.30. The summed E-state index contributed by atoms with van der Waals surface area (Å²) < 4.78 is 5.45. The minimum absolute atomic E-state index is 0.264. The Kier molecular flexibility index (Phi) is 3.74. The van der Waals surface area contributed by atoms with Gasteiger partial charge in [-0.15, -0.1) is 0 Å². The number of aryl methyl sites for hydroxylation is 1. The third-order valence-electron chi connectivity index (χ3n) is 3.55. The lowest BCUT2D eigenvalue weighted by Crippen LogP contribution is -2.24. The zero-order valence-corrected chi connectivity index (χ0v) is 12.4. The summed E-state index contributed by atoms with van der Waals surface area (Å²) in [4.78, 5) is 23.2. The molecule has 2 heterocycles. The van der Waals surface area contributed by atoms with Gasteiger partial charge in [-0.3, -0.25) is 9.78 Å². The number of aromatic nitrogens is 3. The lowest BCUT2D eigenvalue weighted by atomic mass is 10.0. The molecule has 0 saturated heterocycles. The number of carbonyl (C=O) groups is 1. The van der Waals surface area contributed by atoms with E-state index in [0.717, 1.165) is 27.8 Å². The summed E-state index contributed by atoms with van der Waals surface area (Å²) in [5.74, 6) is 0.489. The van der Waals surface area contributed by atoms with E-state index in [4.69, 9.17) is 4.74 Å². The minimum Gasteiger partial charge on any atom is -0.496 e. The molecular weight excluding hydrogens is 280 g/mol. The molecule has 0 saturated carbocycles. The Morgan fingerprint density at radius 1 is 1.41 bits per heavy atom. The molecule has 0 radical (unpaired) electrons. The van der Waals surface area contributed by atoms with Crippen LogP contribution in [0.2, 0.25) is 0 Å². The number of methoxy groups -OCH3 is 1. The van der Waals surface area contributed by atoms with Gasteiger partial charge in [0.05, 0.1) is 13.3 Å². The molecule has 112 valence electrons. The Balaban J connectivity index is 1.89. The normalized spacial score (nSPS) is 10.6. The summed E-state index contributed by atoms with van der Waals surface area (Å²) >= 11 is 0. The number of rotatable bonds is 4. The zero-order chi connectivity index (χ0) is 15.5. The molecule has 0 atom stereocenters. The fourth-order valence-electron chi connectivity index (χ4n) is 2.48. The lowest BCUT2D eigenvalue weighted by molar-refractivity contribution is 0.0945. The molecule has 2 aromatic heterocycles. The van der Waals surface area contributed by atoms with Gasteiger partial charge in [0.1, 0.15) is 11.4 Å². The van der Waals surface area contributed by atoms with Gasteiger partial charge in [0.25, 0.3) is 5.91 Å². The van der Waals surface area contributed by atoms with Crippen molar-refractivity contribution in [2.75, 3.05) is 7.11 Å². The van der Waals surface area contributed by atoms with Gasteiger partial charge in [-0.2, -0.15) is 0 Å². The smallest absolute Gasteiger partial charge is 0.271 e. The molecular formula is C16H16N4O2. The van der Waals surface area contributed by atoms with Crippen LogP contribution in [0.25, 0.3) is 10.9 Å². The Bertz CT molecular complexity index is 812. The molecule has 0 aliphatic heterocycles. The van der Waals surface area contributed by atoms with Crippen LogP contribution in [0.3, 0.4) is 0 Å². The number of benzene rings is 1. The van der Waals surface area contributed by atoms with Crippen LogP contribution in [0.15, 0.2) is 36.9 Å². The van der Waals surface area contributed by atoms with Crippen molar-refractivity contribution in [1.29, 1.82) is 0 Å². The third kappa shape index (κ3) is 2.50. The van der Waals surface area contributed by atoms with Crippen LogP contribution >= 0.6 is 0 Å². The average molecular weight is 296 g/mol.